The molecular formula is C12H18BrNO2. The molecule has 0 radical (unpaired) electrons. The summed E-state index contributed by atoms with van der Waals surface area (Å²) in [5, 5.41) is 9.60. The fourth-order valence-electron chi connectivity index (χ4n) is 1.26. The zero-order chi connectivity index (χ0) is 12.3. The quantitative estimate of drug-likeness (QED) is 0.895. The fraction of sp³-hybridized carbons (Fsp3) is 0.500. The van der Waals surface area contributed by atoms with E-state index in [1.165, 1.54) is 0 Å². The van der Waals surface area contributed by atoms with Gasteiger partial charge in [-0.3, -0.25) is 0 Å². The summed E-state index contributed by atoms with van der Waals surface area (Å²) in [5.74, 6) is 0.723. The van der Waals surface area contributed by atoms with Gasteiger partial charge in [-0.2, -0.15) is 0 Å². The molecule has 1 aromatic carbocycles. The van der Waals surface area contributed by atoms with Crippen LogP contribution in [0.3, 0.4) is 0 Å². The number of aliphatic hydroxyl groups is 1. The lowest BCUT2D eigenvalue weighted by Gasteiger charge is -2.20. The van der Waals surface area contributed by atoms with E-state index in [4.69, 9.17) is 10.5 Å². The highest BCUT2D eigenvalue weighted by Gasteiger charge is 2.15. The van der Waals surface area contributed by atoms with Crippen molar-refractivity contribution >= 4 is 15.9 Å². The second kappa shape index (κ2) is 5.17. The van der Waals surface area contributed by atoms with Crippen LogP contribution in [0.5, 0.6) is 5.75 Å². The van der Waals surface area contributed by atoms with E-state index in [1.54, 1.807) is 13.8 Å². The number of benzene rings is 1. The molecule has 0 fully saturated rings. The first kappa shape index (κ1) is 13.5. The smallest absolute Gasteiger partial charge is 0.124 e. The highest BCUT2D eigenvalue weighted by atomic mass is 79.9. The molecule has 4 heteroatoms. The standard InChI is InChI=1S/C12H18BrNO2/c1-8(14)10-6-9(13)4-5-11(10)16-7-12(2,3)15/h4-6,8,15H,7,14H2,1-3H3/t8-/m0/s1. The van der Waals surface area contributed by atoms with E-state index < -0.39 is 5.60 Å². The molecule has 16 heavy (non-hydrogen) atoms. The minimum Gasteiger partial charge on any atom is -0.490 e. The maximum Gasteiger partial charge on any atom is 0.124 e. The molecule has 3 nitrogen and oxygen atoms in total. The summed E-state index contributed by atoms with van der Waals surface area (Å²) in [5.41, 5.74) is 5.94. The van der Waals surface area contributed by atoms with E-state index in [2.05, 4.69) is 15.9 Å². The first-order chi connectivity index (χ1) is 7.29. The van der Waals surface area contributed by atoms with Crippen LogP contribution in [0.1, 0.15) is 32.4 Å². The molecule has 0 saturated carbocycles. The number of ether oxygens (including phenoxy) is 1. The van der Waals surface area contributed by atoms with Gasteiger partial charge in [0.1, 0.15) is 12.4 Å². The summed E-state index contributed by atoms with van der Waals surface area (Å²) in [4.78, 5) is 0. The van der Waals surface area contributed by atoms with Crippen molar-refractivity contribution in [1.82, 2.24) is 0 Å². The van der Waals surface area contributed by atoms with Crippen LogP contribution in [0.2, 0.25) is 0 Å². The summed E-state index contributed by atoms with van der Waals surface area (Å²) < 4.78 is 6.54. The summed E-state index contributed by atoms with van der Waals surface area (Å²) in [6, 6.07) is 5.58. The maximum absolute atomic E-state index is 9.60. The molecule has 1 rings (SSSR count). The SMILES string of the molecule is C[C@H](N)c1cc(Br)ccc1OCC(C)(C)O. The molecule has 0 aromatic heterocycles. The average Bonchev–Trinajstić information content (AvgIpc) is 2.14. The van der Waals surface area contributed by atoms with Crippen LogP contribution < -0.4 is 10.5 Å². The van der Waals surface area contributed by atoms with Crippen LogP contribution in [-0.4, -0.2) is 17.3 Å². The van der Waals surface area contributed by atoms with Gasteiger partial charge in [0.25, 0.3) is 0 Å². The van der Waals surface area contributed by atoms with Gasteiger partial charge in [0.15, 0.2) is 0 Å². The minimum atomic E-state index is -0.845. The van der Waals surface area contributed by atoms with Crippen molar-refractivity contribution in [3.8, 4) is 5.75 Å². The van der Waals surface area contributed by atoms with E-state index in [9.17, 15) is 5.11 Å². The average molecular weight is 288 g/mol. The molecule has 0 unspecified atom stereocenters. The third-order valence-electron chi connectivity index (χ3n) is 2.04. The zero-order valence-corrected chi connectivity index (χ0v) is 11.4. The Morgan fingerprint density at radius 1 is 1.50 bits per heavy atom. The van der Waals surface area contributed by atoms with Crippen LogP contribution >= 0.6 is 15.9 Å². The van der Waals surface area contributed by atoms with Crippen LogP contribution in [0.15, 0.2) is 22.7 Å². The van der Waals surface area contributed by atoms with Crippen molar-refractivity contribution in [2.75, 3.05) is 6.61 Å². The molecule has 3 N–H and O–H groups in total. The Morgan fingerprint density at radius 3 is 2.62 bits per heavy atom. The third-order valence-corrected chi connectivity index (χ3v) is 2.54. The Balaban J connectivity index is 2.87. The molecule has 0 heterocycles. The normalized spacial score (nSPS) is 13.6. The number of nitrogens with two attached hydrogens (primary N) is 1. The van der Waals surface area contributed by atoms with Gasteiger partial charge in [0.05, 0.1) is 5.60 Å². The molecular weight excluding hydrogens is 270 g/mol. The second-order valence-electron chi connectivity index (χ2n) is 4.57. The summed E-state index contributed by atoms with van der Waals surface area (Å²) >= 11 is 3.39. The maximum atomic E-state index is 9.60. The fourth-order valence-corrected chi connectivity index (χ4v) is 1.64. The van der Waals surface area contributed by atoms with Crippen LogP contribution in [0.25, 0.3) is 0 Å². The second-order valence-corrected chi connectivity index (χ2v) is 5.49. The lowest BCUT2D eigenvalue weighted by atomic mass is 10.1. The van der Waals surface area contributed by atoms with Crippen molar-refractivity contribution < 1.29 is 9.84 Å². The van der Waals surface area contributed by atoms with Crippen LogP contribution in [-0.2, 0) is 0 Å². The summed E-state index contributed by atoms with van der Waals surface area (Å²) in [6.45, 7) is 5.56. The first-order valence-corrected chi connectivity index (χ1v) is 5.99. The van der Waals surface area contributed by atoms with Crippen LogP contribution in [0.4, 0.5) is 0 Å². The van der Waals surface area contributed by atoms with Gasteiger partial charge in [0.2, 0.25) is 0 Å². The van der Waals surface area contributed by atoms with Crippen molar-refractivity contribution in [1.29, 1.82) is 0 Å². The lowest BCUT2D eigenvalue weighted by Crippen LogP contribution is -2.28. The third kappa shape index (κ3) is 4.12. The van der Waals surface area contributed by atoms with Gasteiger partial charge in [-0.05, 0) is 39.0 Å². The zero-order valence-electron chi connectivity index (χ0n) is 9.83. The van der Waals surface area contributed by atoms with Crippen molar-refractivity contribution in [2.45, 2.75) is 32.4 Å². The van der Waals surface area contributed by atoms with Gasteiger partial charge in [-0.1, -0.05) is 15.9 Å². The predicted molar refractivity (Wildman–Crippen MR) is 68.5 cm³/mol. The molecule has 0 saturated heterocycles. The summed E-state index contributed by atoms with van der Waals surface area (Å²) in [6.07, 6.45) is 0. The van der Waals surface area contributed by atoms with E-state index >= 15 is 0 Å². The molecule has 0 amide bonds. The molecule has 1 aromatic rings. The van der Waals surface area contributed by atoms with E-state index in [0.29, 0.717) is 0 Å². The number of hydrogen-bond acceptors (Lipinski definition) is 3. The van der Waals surface area contributed by atoms with Gasteiger partial charge < -0.3 is 15.6 Å². The highest BCUT2D eigenvalue weighted by molar-refractivity contribution is 9.10. The monoisotopic (exact) mass is 287 g/mol. The molecule has 0 aliphatic heterocycles. The van der Waals surface area contributed by atoms with Crippen molar-refractivity contribution in [3.63, 3.8) is 0 Å². The van der Waals surface area contributed by atoms with Gasteiger partial charge in [-0.25, -0.2) is 0 Å². The van der Waals surface area contributed by atoms with E-state index in [0.717, 1.165) is 15.8 Å². The Morgan fingerprint density at radius 2 is 2.12 bits per heavy atom. The van der Waals surface area contributed by atoms with Crippen LogP contribution in [0, 0.1) is 0 Å². The van der Waals surface area contributed by atoms with Gasteiger partial charge in [-0.15, -0.1) is 0 Å². The molecule has 0 bridgehead atoms. The van der Waals surface area contributed by atoms with Crippen molar-refractivity contribution in [2.24, 2.45) is 5.73 Å². The Bertz CT molecular complexity index is 359. The largest absolute Gasteiger partial charge is 0.490 e. The van der Waals surface area contributed by atoms with E-state index in [1.807, 2.05) is 25.1 Å². The Kier molecular flexibility index (Phi) is 4.35. The molecule has 0 aliphatic rings. The van der Waals surface area contributed by atoms with Gasteiger partial charge >= 0.3 is 0 Å². The van der Waals surface area contributed by atoms with Crippen molar-refractivity contribution in [3.05, 3.63) is 28.2 Å². The van der Waals surface area contributed by atoms with Gasteiger partial charge in [0, 0.05) is 16.1 Å². The number of rotatable bonds is 4. The molecule has 0 aliphatic carbocycles. The molecule has 90 valence electrons. The minimum absolute atomic E-state index is 0.102. The highest BCUT2D eigenvalue weighted by Crippen LogP contribution is 2.28. The number of hydrogen-bond donors (Lipinski definition) is 2. The van der Waals surface area contributed by atoms with E-state index in [-0.39, 0.29) is 12.6 Å². The predicted octanol–water partition coefficient (Wildman–Crippen LogP) is 2.62. The molecule has 1 atom stereocenters. The first-order valence-electron chi connectivity index (χ1n) is 5.20. The lowest BCUT2D eigenvalue weighted by molar-refractivity contribution is 0.0280. The topological polar surface area (TPSA) is 55.5 Å². The summed E-state index contributed by atoms with van der Waals surface area (Å²) in [7, 11) is 0. The Labute approximate surface area is 105 Å². The Hall–Kier alpha value is -0.580. The molecule has 0 spiro atoms. The number of halogens is 1.